The Kier molecular flexibility index (Phi) is 9.09. The van der Waals surface area contributed by atoms with E-state index < -0.39 is 11.9 Å². The smallest absolute Gasteiger partial charge is 0.407 e. The molecule has 23 heavy (non-hydrogen) atoms. The van der Waals surface area contributed by atoms with Crippen molar-refractivity contribution in [3.63, 3.8) is 0 Å². The summed E-state index contributed by atoms with van der Waals surface area (Å²) in [6, 6.07) is 4.29. The molecule has 126 valence electrons. The van der Waals surface area contributed by atoms with Gasteiger partial charge in [-0.3, -0.25) is 0 Å². The maximum Gasteiger partial charge on any atom is 0.407 e. The van der Waals surface area contributed by atoms with Crippen molar-refractivity contribution in [3.05, 3.63) is 29.6 Å². The number of nitrogens with one attached hydrogen (secondary N) is 1. The van der Waals surface area contributed by atoms with Gasteiger partial charge in [-0.1, -0.05) is 18.9 Å². The molecule has 0 bridgehead atoms. The fourth-order valence-corrected chi connectivity index (χ4v) is 1.90. The molecule has 0 heterocycles. The van der Waals surface area contributed by atoms with E-state index in [4.69, 9.17) is 9.47 Å². The average molecular weight is 324 g/mol. The van der Waals surface area contributed by atoms with Gasteiger partial charge in [-0.15, -0.1) is 0 Å². The van der Waals surface area contributed by atoms with Gasteiger partial charge in [0.15, 0.2) is 11.6 Å². The largest absolute Gasteiger partial charge is 0.494 e. The number of amides is 1. The summed E-state index contributed by atoms with van der Waals surface area (Å²) in [5, 5.41) is 2.64. The van der Waals surface area contributed by atoms with Crippen LogP contribution in [0.5, 0.6) is 5.75 Å². The number of halogens is 1. The Bertz CT molecular complexity index is 545. The summed E-state index contributed by atoms with van der Waals surface area (Å²) < 4.78 is 23.1. The molecule has 0 saturated heterocycles. The average Bonchev–Trinajstić information content (AvgIpc) is 2.56. The van der Waals surface area contributed by atoms with Gasteiger partial charge in [-0.05, 0) is 30.5 Å². The van der Waals surface area contributed by atoms with Crippen molar-refractivity contribution in [2.45, 2.75) is 32.3 Å². The van der Waals surface area contributed by atoms with E-state index in [1.807, 2.05) is 0 Å². The highest BCUT2D eigenvalue weighted by molar-refractivity contribution is 5.67. The molecule has 1 aromatic carbocycles. The van der Waals surface area contributed by atoms with Crippen LogP contribution in [-0.4, -0.2) is 32.4 Å². The van der Waals surface area contributed by atoms with Gasteiger partial charge < -0.3 is 14.8 Å². The second-order valence-electron chi connectivity index (χ2n) is 4.86. The van der Waals surface area contributed by atoms with Gasteiger partial charge in [0.1, 0.15) is 6.61 Å². The number of carbonyl (C=O) groups excluding carboxylic acids is 2. The third-order valence-electron chi connectivity index (χ3n) is 3.12. The molecular formula is C16H21FN2O4. The lowest BCUT2D eigenvalue weighted by Gasteiger charge is -2.08. The summed E-state index contributed by atoms with van der Waals surface area (Å²) in [5.41, 5.74) is 0.647. The first-order valence-corrected chi connectivity index (χ1v) is 7.44. The van der Waals surface area contributed by atoms with Crippen LogP contribution in [0, 0.1) is 5.82 Å². The molecular weight excluding hydrogens is 303 g/mol. The Labute approximate surface area is 134 Å². The first kappa shape index (κ1) is 18.6. The molecule has 6 nitrogen and oxygen atoms in total. The molecule has 1 N–H and O–H groups in total. The van der Waals surface area contributed by atoms with E-state index in [-0.39, 0.29) is 12.4 Å². The Balaban J connectivity index is 2.13. The highest BCUT2D eigenvalue weighted by Crippen LogP contribution is 2.18. The standard InChI is InChI=1S/C16H21FN2O4/c1-22-15-10-13(6-7-14(15)17)11-23-16(21)19-9-5-3-2-4-8-18-12-20/h6-7,10H,2-5,8-9,11H2,1H3,(H,19,21). The van der Waals surface area contributed by atoms with Crippen LogP contribution in [0.15, 0.2) is 23.2 Å². The number of rotatable bonds is 10. The minimum Gasteiger partial charge on any atom is -0.494 e. The predicted octanol–water partition coefficient (Wildman–Crippen LogP) is 2.96. The van der Waals surface area contributed by atoms with E-state index in [0.29, 0.717) is 18.7 Å². The van der Waals surface area contributed by atoms with Gasteiger partial charge in [0, 0.05) is 6.54 Å². The molecule has 1 aromatic rings. The SMILES string of the molecule is COc1cc(COC(=O)NCCCCCCN=C=O)ccc1F. The Morgan fingerprint density at radius 1 is 1.30 bits per heavy atom. The maximum atomic E-state index is 13.2. The van der Waals surface area contributed by atoms with Crippen LogP contribution < -0.4 is 10.1 Å². The van der Waals surface area contributed by atoms with Crippen molar-refractivity contribution >= 4 is 12.2 Å². The first-order valence-electron chi connectivity index (χ1n) is 7.44. The zero-order valence-corrected chi connectivity index (χ0v) is 13.1. The Morgan fingerprint density at radius 2 is 2.09 bits per heavy atom. The molecule has 0 spiro atoms. The lowest BCUT2D eigenvalue weighted by Crippen LogP contribution is -2.25. The highest BCUT2D eigenvalue weighted by atomic mass is 19.1. The molecule has 0 aliphatic heterocycles. The monoisotopic (exact) mass is 324 g/mol. The summed E-state index contributed by atoms with van der Waals surface area (Å²) in [4.78, 5) is 24.8. The molecule has 7 heteroatoms. The van der Waals surface area contributed by atoms with Crippen molar-refractivity contribution in [1.82, 2.24) is 5.32 Å². The highest BCUT2D eigenvalue weighted by Gasteiger charge is 2.06. The van der Waals surface area contributed by atoms with E-state index in [1.165, 1.54) is 31.4 Å². The second kappa shape index (κ2) is 11.2. The second-order valence-corrected chi connectivity index (χ2v) is 4.86. The van der Waals surface area contributed by atoms with Gasteiger partial charge in [0.05, 0.1) is 13.7 Å². The van der Waals surface area contributed by atoms with E-state index in [2.05, 4.69) is 10.3 Å². The Hall–Kier alpha value is -2.40. The van der Waals surface area contributed by atoms with Crippen molar-refractivity contribution in [2.24, 2.45) is 4.99 Å². The van der Waals surface area contributed by atoms with Crippen LogP contribution in [-0.2, 0) is 16.1 Å². The predicted molar refractivity (Wildman–Crippen MR) is 82.6 cm³/mol. The van der Waals surface area contributed by atoms with Crippen molar-refractivity contribution in [1.29, 1.82) is 0 Å². The van der Waals surface area contributed by atoms with Gasteiger partial charge >= 0.3 is 6.09 Å². The molecule has 0 aromatic heterocycles. The van der Waals surface area contributed by atoms with Crippen molar-refractivity contribution in [3.8, 4) is 5.75 Å². The molecule has 0 aliphatic rings. The number of methoxy groups -OCH3 is 1. The zero-order chi connectivity index (χ0) is 16.9. The van der Waals surface area contributed by atoms with E-state index >= 15 is 0 Å². The van der Waals surface area contributed by atoms with Crippen LogP contribution in [0.25, 0.3) is 0 Å². The Morgan fingerprint density at radius 3 is 2.83 bits per heavy atom. The fraction of sp³-hybridized carbons (Fsp3) is 0.500. The molecule has 0 fully saturated rings. The zero-order valence-electron chi connectivity index (χ0n) is 13.1. The number of unbranched alkanes of at least 4 members (excludes halogenated alkanes) is 3. The lowest BCUT2D eigenvalue weighted by molar-refractivity contribution is 0.139. The van der Waals surface area contributed by atoms with E-state index in [1.54, 1.807) is 0 Å². The van der Waals surface area contributed by atoms with Crippen molar-refractivity contribution in [2.75, 3.05) is 20.2 Å². The normalized spacial score (nSPS) is 9.83. The number of nitrogens with zero attached hydrogens (tertiary/aromatic N) is 1. The number of hydrogen-bond acceptors (Lipinski definition) is 5. The van der Waals surface area contributed by atoms with Gasteiger partial charge in [0.2, 0.25) is 6.08 Å². The number of alkyl carbamates (subject to hydrolysis) is 1. The molecule has 0 atom stereocenters. The van der Waals surface area contributed by atoms with Crippen molar-refractivity contribution < 1.29 is 23.5 Å². The number of benzene rings is 1. The molecule has 1 amide bonds. The van der Waals surface area contributed by atoms with Gasteiger partial charge in [-0.25, -0.2) is 19.0 Å². The third kappa shape index (κ3) is 7.97. The summed E-state index contributed by atoms with van der Waals surface area (Å²) in [6.07, 6.45) is 4.52. The summed E-state index contributed by atoms with van der Waals surface area (Å²) in [7, 11) is 1.38. The fourth-order valence-electron chi connectivity index (χ4n) is 1.90. The van der Waals surface area contributed by atoms with Crippen LogP contribution in [0.3, 0.4) is 0 Å². The number of ether oxygens (including phenoxy) is 2. The van der Waals surface area contributed by atoms with Crippen LogP contribution in [0.4, 0.5) is 9.18 Å². The quantitative estimate of drug-likeness (QED) is 0.408. The van der Waals surface area contributed by atoms with Crippen LogP contribution >= 0.6 is 0 Å². The molecule has 0 radical (unpaired) electrons. The van der Waals surface area contributed by atoms with Crippen LogP contribution in [0.1, 0.15) is 31.2 Å². The first-order chi connectivity index (χ1) is 11.2. The maximum absolute atomic E-state index is 13.2. The molecule has 0 aliphatic carbocycles. The summed E-state index contributed by atoms with van der Waals surface area (Å²) in [6.45, 7) is 1.06. The third-order valence-corrected chi connectivity index (χ3v) is 3.12. The number of hydrogen-bond donors (Lipinski definition) is 1. The van der Waals surface area contributed by atoms with Gasteiger partial charge in [0.25, 0.3) is 0 Å². The molecule has 0 saturated carbocycles. The number of aliphatic imine (C=N–C) groups is 1. The summed E-state index contributed by atoms with van der Waals surface area (Å²) >= 11 is 0. The number of carbonyl (C=O) groups is 1. The molecule has 0 unspecified atom stereocenters. The van der Waals surface area contributed by atoms with E-state index in [0.717, 1.165) is 25.7 Å². The summed E-state index contributed by atoms with van der Waals surface area (Å²) in [5.74, 6) is -0.343. The topological polar surface area (TPSA) is 77.0 Å². The van der Waals surface area contributed by atoms with E-state index in [9.17, 15) is 14.0 Å². The molecule has 1 rings (SSSR count). The minimum atomic E-state index is -0.515. The number of isocyanates is 1. The lowest BCUT2D eigenvalue weighted by atomic mass is 10.2. The van der Waals surface area contributed by atoms with Crippen LogP contribution in [0.2, 0.25) is 0 Å². The minimum absolute atomic E-state index is 0.0478. The van der Waals surface area contributed by atoms with Gasteiger partial charge in [-0.2, -0.15) is 0 Å².